The molecule has 1 saturated carbocycles. The van der Waals surface area contributed by atoms with Crippen molar-refractivity contribution in [1.29, 1.82) is 0 Å². The van der Waals surface area contributed by atoms with Gasteiger partial charge >= 0.3 is 6.18 Å². The van der Waals surface area contributed by atoms with E-state index in [-0.39, 0.29) is 28.4 Å². The van der Waals surface area contributed by atoms with Gasteiger partial charge < -0.3 is 13.9 Å². The van der Waals surface area contributed by atoms with Gasteiger partial charge in [0, 0.05) is 47.7 Å². The SMILES string of the molecule is CCC1COCCC12OC(c1ccc(C(F)(F)F)cn1)c1c(C(C)C)nc3c(c12)C(O[Si](C)(C)C(C)(C)C)CC1(CCC1)C3. The molecule has 2 aliphatic carbocycles. The molecule has 2 aliphatic heterocycles. The lowest BCUT2D eigenvalue weighted by molar-refractivity contribution is -0.164. The molecule has 4 atom stereocenters. The third-order valence-corrected chi connectivity index (χ3v) is 16.0. The quantitative estimate of drug-likeness (QED) is 0.308. The maximum atomic E-state index is 13.5. The minimum Gasteiger partial charge on any atom is -0.410 e. The smallest absolute Gasteiger partial charge is 0.410 e. The molecule has 1 saturated heterocycles. The molecule has 0 bridgehead atoms. The molecule has 9 heteroatoms. The van der Waals surface area contributed by atoms with Crippen LogP contribution >= 0.6 is 0 Å². The predicted octanol–water partition coefficient (Wildman–Crippen LogP) is 9.56. The van der Waals surface area contributed by atoms with E-state index in [2.05, 4.69) is 59.6 Å². The van der Waals surface area contributed by atoms with Gasteiger partial charge in [0.15, 0.2) is 8.32 Å². The standard InChI is InChI=1S/C35H49F3N2O3Si/c1-9-22-20-41-16-15-34(22)29-27-25(17-33(13-10-14-33)18-26(27)43-44(7,8)32(4,5)6)40-30(21(2)3)28(29)31(42-34)24-12-11-23(19-39-24)35(36,37)38/h11-12,19,21-22,26,31H,9-10,13-18,20H2,1-8H3. The number of hydrogen-bond acceptors (Lipinski definition) is 5. The van der Waals surface area contributed by atoms with Crippen molar-refractivity contribution < 1.29 is 27.1 Å². The largest absolute Gasteiger partial charge is 0.417 e. The molecule has 6 rings (SSSR count). The van der Waals surface area contributed by atoms with Gasteiger partial charge in [-0.05, 0) is 79.3 Å². The van der Waals surface area contributed by atoms with Gasteiger partial charge in [0.2, 0.25) is 0 Å². The van der Waals surface area contributed by atoms with Gasteiger partial charge in [-0.1, -0.05) is 48.0 Å². The first-order chi connectivity index (χ1) is 20.5. The van der Waals surface area contributed by atoms with Gasteiger partial charge in [-0.3, -0.25) is 9.97 Å². The second kappa shape index (κ2) is 10.9. The van der Waals surface area contributed by atoms with Crippen molar-refractivity contribution in [2.75, 3.05) is 13.2 Å². The van der Waals surface area contributed by atoms with E-state index in [9.17, 15) is 13.2 Å². The third-order valence-electron chi connectivity index (χ3n) is 11.6. The lowest BCUT2D eigenvalue weighted by Gasteiger charge is -2.52. The van der Waals surface area contributed by atoms with Crippen molar-refractivity contribution in [3.8, 4) is 0 Å². The van der Waals surface area contributed by atoms with Crippen LogP contribution < -0.4 is 0 Å². The average Bonchev–Trinajstić information content (AvgIpc) is 3.25. The van der Waals surface area contributed by atoms with Crippen LogP contribution in [0.15, 0.2) is 18.3 Å². The van der Waals surface area contributed by atoms with Crippen molar-refractivity contribution >= 4 is 8.32 Å². The molecule has 242 valence electrons. The van der Waals surface area contributed by atoms with Gasteiger partial charge in [0.1, 0.15) is 11.7 Å². The van der Waals surface area contributed by atoms with Crippen LogP contribution in [-0.4, -0.2) is 31.5 Å². The number of nitrogens with zero attached hydrogens (tertiary/aromatic N) is 2. The van der Waals surface area contributed by atoms with Crippen molar-refractivity contribution in [3.63, 3.8) is 0 Å². The molecule has 2 aromatic heterocycles. The number of ether oxygens (including phenoxy) is 2. The first-order valence-electron chi connectivity index (χ1n) is 16.6. The third kappa shape index (κ3) is 5.18. The van der Waals surface area contributed by atoms with Crippen LogP contribution in [0.3, 0.4) is 0 Å². The van der Waals surface area contributed by atoms with E-state index < -0.39 is 31.8 Å². The number of hydrogen-bond donors (Lipinski definition) is 0. The molecule has 2 aromatic rings. The van der Waals surface area contributed by atoms with Gasteiger partial charge in [-0.15, -0.1) is 0 Å². The zero-order valence-corrected chi connectivity index (χ0v) is 28.7. The maximum absolute atomic E-state index is 13.5. The van der Waals surface area contributed by atoms with E-state index in [0.717, 1.165) is 48.5 Å². The zero-order chi connectivity index (χ0) is 31.9. The Morgan fingerprint density at radius 1 is 1.09 bits per heavy atom. The van der Waals surface area contributed by atoms with Crippen molar-refractivity contribution in [2.45, 2.75) is 135 Å². The first kappa shape index (κ1) is 32.1. The Kier molecular flexibility index (Phi) is 7.95. The summed E-state index contributed by atoms with van der Waals surface area (Å²) in [7, 11) is -2.18. The molecule has 0 amide bonds. The van der Waals surface area contributed by atoms with Crippen LogP contribution in [0.25, 0.3) is 0 Å². The predicted molar refractivity (Wildman–Crippen MR) is 167 cm³/mol. The van der Waals surface area contributed by atoms with E-state index >= 15 is 0 Å². The highest BCUT2D eigenvalue weighted by molar-refractivity contribution is 6.74. The van der Waals surface area contributed by atoms with E-state index in [1.807, 2.05) is 0 Å². The fraction of sp³-hybridized carbons (Fsp3) is 0.714. The second-order valence-electron chi connectivity index (χ2n) is 15.7. The minimum absolute atomic E-state index is 0.0391. The van der Waals surface area contributed by atoms with Crippen LogP contribution in [-0.2, 0) is 32.1 Å². The highest BCUT2D eigenvalue weighted by Gasteiger charge is 2.58. The lowest BCUT2D eigenvalue weighted by atomic mass is 9.58. The Balaban J connectivity index is 1.61. The van der Waals surface area contributed by atoms with Gasteiger partial charge in [0.25, 0.3) is 0 Å². The van der Waals surface area contributed by atoms with E-state index in [1.165, 1.54) is 36.5 Å². The molecule has 4 aliphatic rings. The Labute approximate surface area is 261 Å². The van der Waals surface area contributed by atoms with Crippen molar-refractivity contribution in [1.82, 2.24) is 9.97 Å². The number of fused-ring (bicyclic) bond motifs is 4. The fourth-order valence-corrected chi connectivity index (χ4v) is 9.19. The van der Waals surface area contributed by atoms with E-state index in [0.29, 0.717) is 25.3 Å². The Bertz CT molecular complexity index is 1400. The molecule has 4 unspecified atom stereocenters. The molecular formula is C35H49F3N2O3Si. The zero-order valence-electron chi connectivity index (χ0n) is 27.7. The second-order valence-corrected chi connectivity index (χ2v) is 20.4. The van der Waals surface area contributed by atoms with Crippen molar-refractivity contribution in [3.05, 3.63) is 57.7 Å². The maximum Gasteiger partial charge on any atom is 0.417 e. The minimum atomic E-state index is -4.45. The summed E-state index contributed by atoms with van der Waals surface area (Å²) in [4.78, 5) is 9.88. The monoisotopic (exact) mass is 630 g/mol. The Morgan fingerprint density at radius 3 is 2.36 bits per heavy atom. The fourth-order valence-electron chi connectivity index (χ4n) is 7.92. The van der Waals surface area contributed by atoms with E-state index in [4.69, 9.17) is 18.9 Å². The normalized spacial score (nSPS) is 28.3. The van der Waals surface area contributed by atoms with Gasteiger partial charge in [0.05, 0.1) is 24.0 Å². The van der Waals surface area contributed by atoms with Gasteiger partial charge in [-0.25, -0.2) is 0 Å². The van der Waals surface area contributed by atoms with Gasteiger partial charge in [-0.2, -0.15) is 13.2 Å². The number of alkyl halides is 3. The summed E-state index contributed by atoms with van der Waals surface area (Å²) in [6, 6.07) is 2.62. The molecular weight excluding hydrogens is 581 g/mol. The molecule has 2 fully saturated rings. The summed E-state index contributed by atoms with van der Waals surface area (Å²) in [5.74, 6) is 0.192. The van der Waals surface area contributed by atoms with Crippen LogP contribution in [0.1, 0.15) is 138 Å². The Morgan fingerprint density at radius 2 is 1.82 bits per heavy atom. The van der Waals surface area contributed by atoms with Crippen molar-refractivity contribution in [2.24, 2.45) is 11.3 Å². The number of aromatic nitrogens is 2. The topological polar surface area (TPSA) is 53.5 Å². The first-order valence-corrected chi connectivity index (χ1v) is 19.5. The summed E-state index contributed by atoms with van der Waals surface area (Å²) in [6.07, 6.45) is 2.89. The highest BCUT2D eigenvalue weighted by atomic mass is 28.4. The number of halogens is 3. The summed E-state index contributed by atoms with van der Waals surface area (Å²) in [5, 5.41) is 0.0391. The molecule has 0 N–H and O–H groups in total. The number of pyridine rings is 2. The van der Waals surface area contributed by atoms with Crippen LogP contribution in [0.4, 0.5) is 13.2 Å². The molecule has 5 nitrogen and oxygen atoms in total. The summed E-state index contributed by atoms with van der Waals surface area (Å²) in [5.41, 5.74) is 4.82. The van der Waals surface area contributed by atoms with Crippen LogP contribution in [0.5, 0.6) is 0 Å². The van der Waals surface area contributed by atoms with Crippen LogP contribution in [0.2, 0.25) is 18.1 Å². The Hall–Kier alpha value is -1.81. The molecule has 4 heterocycles. The highest BCUT2D eigenvalue weighted by Crippen LogP contribution is 2.62. The molecule has 0 aromatic carbocycles. The number of rotatable bonds is 5. The van der Waals surface area contributed by atoms with Crippen LogP contribution in [0, 0.1) is 11.3 Å². The lowest BCUT2D eigenvalue weighted by Crippen LogP contribution is -2.48. The molecule has 44 heavy (non-hydrogen) atoms. The molecule has 0 radical (unpaired) electrons. The summed E-state index contributed by atoms with van der Waals surface area (Å²) < 4.78 is 61.3. The summed E-state index contributed by atoms with van der Waals surface area (Å²) in [6.45, 7) is 19.2. The summed E-state index contributed by atoms with van der Waals surface area (Å²) >= 11 is 0. The average molecular weight is 631 g/mol. The molecule has 2 spiro atoms. The van der Waals surface area contributed by atoms with E-state index in [1.54, 1.807) is 0 Å².